The van der Waals surface area contributed by atoms with Crippen LogP contribution < -0.4 is 14.4 Å². The van der Waals surface area contributed by atoms with E-state index in [0.29, 0.717) is 5.75 Å². The maximum atomic E-state index is 12.3. The number of benzene rings is 2. The third kappa shape index (κ3) is 6.96. The van der Waals surface area contributed by atoms with Crippen LogP contribution in [-0.4, -0.2) is 40.3 Å². The van der Waals surface area contributed by atoms with Crippen LogP contribution in [0.1, 0.15) is 12.5 Å². The Hall–Kier alpha value is -1.67. The van der Waals surface area contributed by atoms with Crippen molar-refractivity contribution in [3.8, 4) is 5.75 Å². The number of sulfonamides is 1. The van der Waals surface area contributed by atoms with Crippen molar-refractivity contribution in [1.82, 2.24) is 5.32 Å². The number of halogens is 3. The van der Waals surface area contributed by atoms with Crippen LogP contribution in [0.4, 0.5) is 5.69 Å². The van der Waals surface area contributed by atoms with E-state index in [1.54, 1.807) is 0 Å². The highest BCUT2D eigenvalue weighted by molar-refractivity contribution is 7.92. The molecule has 0 heterocycles. The maximum absolute atomic E-state index is 12.3. The Bertz CT molecular complexity index is 966. The fourth-order valence-corrected chi connectivity index (χ4v) is 4.00. The molecule has 0 unspecified atom stereocenters. The minimum absolute atomic E-state index is 0.0662. The first-order valence-electron chi connectivity index (χ1n) is 8.72. The van der Waals surface area contributed by atoms with Gasteiger partial charge in [0.05, 0.1) is 33.6 Å². The van der Waals surface area contributed by atoms with Crippen molar-refractivity contribution in [3.63, 3.8) is 0 Å². The SMILES string of the molecule is CCc1ccc(OCCNC(=O)CN(c2cc(Cl)c(Cl)cc2Cl)S(C)(=O)=O)cc1. The molecule has 158 valence electrons. The van der Waals surface area contributed by atoms with E-state index in [4.69, 9.17) is 39.5 Å². The van der Waals surface area contributed by atoms with E-state index < -0.39 is 22.5 Å². The Labute approximate surface area is 185 Å². The average molecular weight is 480 g/mol. The van der Waals surface area contributed by atoms with E-state index in [-0.39, 0.29) is 33.9 Å². The van der Waals surface area contributed by atoms with Crippen LogP contribution >= 0.6 is 34.8 Å². The fraction of sp³-hybridized carbons (Fsp3) is 0.316. The lowest BCUT2D eigenvalue weighted by Gasteiger charge is -2.23. The molecule has 0 aromatic heterocycles. The van der Waals surface area contributed by atoms with Crippen LogP contribution in [0, 0.1) is 0 Å². The molecule has 0 radical (unpaired) electrons. The smallest absolute Gasteiger partial charge is 0.240 e. The highest BCUT2D eigenvalue weighted by Gasteiger charge is 2.24. The molecule has 2 aromatic rings. The maximum Gasteiger partial charge on any atom is 0.240 e. The monoisotopic (exact) mass is 478 g/mol. The van der Waals surface area contributed by atoms with Gasteiger partial charge in [-0.05, 0) is 36.2 Å². The standard InChI is InChI=1S/C19H21Cl3N2O4S/c1-3-13-4-6-14(7-5-13)28-9-8-23-19(25)12-24(29(2,26)27)18-11-16(21)15(20)10-17(18)22/h4-7,10-11H,3,8-9,12H2,1-2H3,(H,23,25). The zero-order valence-corrected chi connectivity index (χ0v) is 19.0. The molecular weight excluding hydrogens is 459 g/mol. The Kier molecular flexibility index (Phi) is 8.46. The number of nitrogens with one attached hydrogen (secondary N) is 1. The molecule has 1 N–H and O–H groups in total. The number of amides is 1. The van der Waals surface area contributed by atoms with Crippen molar-refractivity contribution in [1.29, 1.82) is 0 Å². The molecule has 0 fully saturated rings. The Balaban J connectivity index is 1.96. The van der Waals surface area contributed by atoms with Crippen LogP contribution in [0.15, 0.2) is 36.4 Å². The van der Waals surface area contributed by atoms with Gasteiger partial charge in [-0.2, -0.15) is 0 Å². The van der Waals surface area contributed by atoms with Crippen LogP contribution in [0.25, 0.3) is 0 Å². The zero-order valence-electron chi connectivity index (χ0n) is 15.9. The van der Waals surface area contributed by atoms with E-state index in [1.807, 2.05) is 24.3 Å². The molecule has 0 bridgehead atoms. The summed E-state index contributed by atoms with van der Waals surface area (Å²) in [5.74, 6) is 0.180. The Morgan fingerprint density at radius 3 is 2.28 bits per heavy atom. The molecule has 1 amide bonds. The van der Waals surface area contributed by atoms with Crippen LogP contribution in [0.5, 0.6) is 5.75 Å². The lowest BCUT2D eigenvalue weighted by atomic mass is 10.2. The fourth-order valence-electron chi connectivity index (χ4n) is 2.45. The second kappa shape index (κ2) is 10.4. The first kappa shape index (κ1) is 23.6. The van der Waals surface area contributed by atoms with E-state index >= 15 is 0 Å². The van der Waals surface area contributed by atoms with Crippen LogP contribution in [0.2, 0.25) is 15.1 Å². The summed E-state index contributed by atoms with van der Waals surface area (Å²) in [6.45, 7) is 2.06. The molecular formula is C19H21Cl3N2O4S. The van der Waals surface area contributed by atoms with E-state index in [9.17, 15) is 13.2 Å². The molecule has 0 saturated heterocycles. The Morgan fingerprint density at radius 2 is 1.69 bits per heavy atom. The predicted octanol–water partition coefficient (Wildman–Crippen LogP) is 4.17. The molecule has 0 aliphatic rings. The number of anilines is 1. The zero-order chi connectivity index (χ0) is 21.6. The van der Waals surface area contributed by atoms with Crippen molar-refractivity contribution >= 4 is 56.4 Å². The van der Waals surface area contributed by atoms with E-state index in [1.165, 1.54) is 17.7 Å². The number of ether oxygens (including phenoxy) is 1. The molecule has 0 atom stereocenters. The summed E-state index contributed by atoms with van der Waals surface area (Å²) in [4.78, 5) is 12.3. The third-order valence-corrected chi connectivity index (χ3v) is 6.12. The van der Waals surface area contributed by atoms with Gasteiger partial charge in [0.15, 0.2) is 0 Å². The number of hydrogen-bond acceptors (Lipinski definition) is 4. The van der Waals surface area contributed by atoms with E-state index in [0.717, 1.165) is 17.0 Å². The molecule has 29 heavy (non-hydrogen) atoms. The van der Waals surface area contributed by atoms with Gasteiger partial charge in [-0.3, -0.25) is 9.10 Å². The number of carbonyl (C=O) groups excluding carboxylic acids is 1. The normalized spacial score (nSPS) is 11.2. The summed E-state index contributed by atoms with van der Waals surface area (Å²) in [5.41, 5.74) is 1.28. The molecule has 2 aromatic carbocycles. The van der Waals surface area contributed by atoms with Crippen molar-refractivity contribution in [2.24, 2.45) is 0 Å². The van der Waals surface area contributed by atoms with Crippen LogP contribution in [0.3, 0.4) is 0 Å². The van der Waals surface area contributed by atoms with Crippen molar-refractivity contribution in [2.75, 3.05) is 30.3 Å². The quantitative estimate of drug-likeness (QED) is 0.433. The van der Waals surface area contributed by atoms with Gasteiger partial charge in [-0.25, -0.2) is 8.42 Å². The van der Waals surface area contributed by atoms with Gasteiger partial charge < -0.3 is 10.1 Å². The number of nitrogens with zero attached hydrogens (tertiary/aromatic N) is 1. The van der Waals surface area contributed by atoms with Crippen molar-refractivity contribution < 1.29 is 17.9 Å². The van der Waals surface area contributed by atoms with E-state index in [2.05, 4.69) is 12.2 Å². The van der Waals surface area contributed by atoms with Crippen molar-refractivity contribution in [2.45, 2.75) is 13.3 Å². The number of aryl methyl sites for hydroxylation is 1. The van der Waals surface area contributed by atoms with Crippen LogP contribution in [-0.2, 0) is 21.2 Å². The molecule has 0 saturated carbocycles. The summed E-state index contributed by atoms with van der Waals surface area (Å²) in [6, 6.07) is 10.3. The minimum Gasteiger partial charge on any atom is -0.492 e. The predicted molar refractivity (Wildman–Crippen MR) is 118 cm³/mol. The van der Waals surface area contributed by atoms with Gasteiger partial charge >= 0.3 is 0 Å². The number of rotatable bonds is 9. The second-order valence-corrected chi connectivity index (χ2v) is 9.31. The highest BCUT2D eigenvalue weighted by atomic mass is 35.5. The summed E-state index contributed by atoms with van der Waals surface area (Å²) >= 11 is 18.0. The largest absolute Gasteiger partial charge is 0.492 e. The molecule has 0 aliphatic carbocycles. The molecule has 6 nitrogen and oxygen atoms in total. The minimum atomic E-state index is -3.79. The second-order valence-electron chi connectivity index (χ2n) is 6.18. The van der Waals surface area contributed by atoms with Crippen molar-refractivity contribution in [3.05, 3.63) is 57.0 Å². The lowest BCUT2D eigenvalue weighted by Crippen LogP contribution is -2.41. The van der Waals surface area contributed by atoms with Gasteiger partial charge in [0, 0.05) is 0 Å². The topological polar surface area (TPSA) is 75.7 Å². The lowest BCUT2D eigenvalue weighted by molar-refractivity contribution is -0.119. The first-order valence-corrected chi connectivity index (χ1v) is 11.7. The van der Waals surface area contributed by atoms with Gasteiger partial charge in [0.1, 0.15) is 18.9 Å². The van der Waals surface area contributed by atoms with Gasteiger partial charge in [0.25, 0.3) is 0 Å². The summed E-state index contributed by atoms with van der Waals surface area (Å²) in [5, 5.41) is 3.00. The average Bonchev–Trinajstić information content (AvgIpc) is 2.66. The summed E-state index contributed by atoms with van der Waals surface area (Å²) < 4.78 is 30.8. The number of hydrogen-bond donors (Lipinski definition) is 1. The van der Waals surface area contributed by atoms with Gasteiger partial charge in [-0.1, -0.05) is 53.9 Å². The third-order valence-electron chi connectivity index (χ3n) is 3.97. The Morgan fingerprint density at radius 1 is 1.07 bits per heavy atom. The number of carbonyl (C=O) groups is 1. The molecule has 10 heteroatoms. The highest BCUT2D eigenvalue weighted by Crippen LogP contribution is 2.35. The molecule has 0 spiro atoms. The summed E-state index contributed by atoms with van der Waals surface area (Å²) in [7, 11) is -3.79. The van der Waals surface area contributed by atoms with Gasteiger partial charge in [0.2, 0.25) is 15.9 Å². The molecule has 2 rings (SSSR count). The van der Waals surface area contributed by atoms with Gasteiger partial charge in [-0.15, -0.1) is 0 Å². The molecule has 0 aliphatic heterocycles. The summed E-state index contributed by atoms with van der Waals surface area (Å²) in [6.07, 6.45) is 1.91. The first-order chi connectivity index (χ1) is 13.6.